The summed E-state index contributed by atoms with van der Waals surface area (Å²) in [5.41, 5.74) is 1.01. The van der Waals surface area contributed by atoms with Crippen LogP contribution in [0.15, 0.2) is 54.2 Å². The Kier molecular flexibility index (Phi) is 6.68. The Morgan fingerprint density at radius 2 is 1.97 bits per heavy atom. The topological polar surface area (TPSA) is 108 Å². The molecule has 0 saturated carbocycles. The Morgan fingerprint density at radius 1 is 1.18 bits per heavy atom. The molecule has 2 fully saturated rings. The van der Waals surface area contributed by atoms with E-state index in [2.05, 4.69) is 47.8 Å². The van der Waals surface area contributed by atoms with Gasteiger partial charge < -0.3 is 15.0 Å². The minimum atomic E-state index is -0.208. The summed E-state index contributed by atoms with van der Waals surface area (Å²) >= 11 is 0. The quantitative estimate of drug-likeness (QED) is 0.340. The maximum absolute atomic E-state index is 13.3. The summed E-state index contributed by atoms with van der Waals surface area (Å²) in [5, 5.41) is 7.96. The third kappa shape index (κ3) is 4.82. The van der Waals surface area contributed by atoms with Gasteiger partial charge in [0, 0.05) is 36.6 Å². The largest absolute Gasteiger partial charge is 0.474 e. The predicted molar refractivity (Wildman–Crippen MR) is 150 cm³/mol. The summed E-state index contributed by atoms with van der Waals surface area (Å²) in [6.07, 6.45) is 12.7. The number of allylic oxidation sites excluding steroid dienone is 1. The van der Waals surface area contributed by atoms with Crippen LogP contribution in [0.1, 0.15) is 52.0 Å². The molecular weight excluding hydrogens is 494 g/mol. The monoisotopic (exact) mass is 529 g/mol. The molecule has 0 spiro atoms. The lowest BCUT2D eigenvalue weighted by atomic mass is 9.83. The highest BCUT2D eigenvalue weighted by atomic mass is 16.5. The molecule has 4 aromatic rings. The van der Waals surface area contributed by atoms with Crippen LogP contribution in [-0.2, 0) is 6.54 Å². The van der Waals surface area contributed by atoms with Crippen LogP contribution in [0.2, 0.25) is 0 Å². The number of nitrogens with zero attached hydrogens (tertiary/aromatic N) is 8. The lowest BCUT2D eigenvalue weighted by Crippen LogP contribution is -2.52. The molecule has 0 amide bonds. The van der Waals surface area contributed by atoms with Crippen LogP contribution in [0.5, 0.6) is 5.88 Å². The average molecular weight is 530 g/mol. The van der Waals surface area contributed by atoms with Crippen molar-refractivity contribution in [2.75, 3.05) is 12.4 Å². The molecule has 6 rings (SSSR count). The van der Waals surface area contributed by atoms with E-state index in [1.165, 1.54) is 19.3 Å². The fourth-order valence-electron chi connectivity index (χ4n) is 5.84. The molecule has 2 saturated heterocycles. The minimum absolute atomic E-state index is 0.126. The molecule has 11 heteroatoms. The number of hydrogen-bond acceptors (Lipinski definition) is 8. The number of hydrogen-bond donors (Lipinski definition) is 1. The molecule has 0 radical (unpaired) electrons. The van der Waals surface area contributed by atoms with Crippen molar-refractivity contribution in [3.8, 4) is 11.7 Å². The van der Waals surface area contributed by atoms with E-state index in [1.54, 1.807) is 27.8 Å². The van der Waals surface area contributed by atoms with Gasteiger partial charge in [-0.1, -0.05) is 18.6 Å². The molecule has 2 aliphatic heterocycles. The number of anilines is 2. The first-order valence-electron chi connectivity index (χ1n) is 13.7. The highest BCUT2D eigenvalue weighted by Gasteiger charge is 2.37. The van der Waals surface area contributed by atoms with Gasteiger partial charge in [-0.3, -0.25) is 9.48 Å². The van der Waals surface area contributed by atoms with E-state index < -0.39 is 0 Å². The van der Waals surface area contributed by atoms with Gasteiger partial charge >= 0.3 is 0 Å². The summed E-state index contributed by atoms with van der Waals surface area (Å²) in [6, 6.07) is 7.00. The Morgan fingerprint density at radius 3 is 2.69 bits per heavy atom. The maximum Gasteiger partial charge on any atom is 0.278 e. The molecule has 2 bridgehead atoms. The number of rotatable bonds is 8. The fraction of sp³-hybridized carbons (Fsp3) is 0.464. The van der Waals surface area contributed by atoms with Gasteiger partial charge in [0.1, 0.15) is 11.5 Å². The maximum atomic E-state index is 13.3. The first-order chi connectivity index (χ1) is 18.9. The van der Waals surface area contributed by atoms with Crippen molar-refractivity contribution in [2.45, 2.75) is 76.7 Å². The molecular formula is C28H35N9O2. The predicted octanol–water partition coefficient (Wildman–Crippen LogP) is 4.08. The van der Waals surface area contributed by atoms with Crippen LogP contribution in [0.4, 0.5) is 11.6 Å². The van der Waals surface area contributed by atoms with Crippen molar-refractivity contribution in [1.82, 2.24) is 39.0 Å². The fourth-order valence-corrected chi connectivity index (χ4v) is 5.84. The van der Waals surface area contributed by atoms with Crippen molar-refractivity contribution in [2.24, 2.45) is 0 Å². The number of nitrogens with one attached hydrogen (secondary N) is 1. The first kappa shape index (κ1) is 25.3. The zero-order chi connectivity index (χ0) is 27.1. The van der Waals surface area contributed by atoms with Crippen molar-refractivity contribution in [3.63, 3.8) is 0 Å². The van der Waals surface area contributed by atoms with Crippen LogP contribution < -0.4 is 15.6 Å². The van der Waals surface area contributed by atoms with Crippen molar-refractivity contribution < 1.29 is 4.74 Å². The van der Waals surface area contributed by atoms with Gasteiger partial charge in [-0.05, 0) is 52.6 Å². The minimum Gasteiger partial charge on any atom is -0.474 e. The third-order valence-electron chi connectivity index (χ3n) is 7.87. The van der Waals surface area contributed by atoms with E-state index in [0.29, 0.717) is 47.3 Å². The van der Waals surface area contributed by atoms with E-state index in [1.807, 2.05) is 29.1 Å². The Hall–Kier alpha value is -3.99. The van der Waals surface area contributed by atoms with Gasteiger partial charge in [-0.15, -0.1) is 6.58 Å². The Balaban J connectivity index is 1.34. The molecule has 204 valence electrons. The average Bonchev–Trinajstić information content (AvgIpc) is 3.48. The van der Waals surface area contributed by atoms with Crippen LogP contribution in [-0.4, -0.2) is 64.2 Å². The molecule has 1 N–H and O–H groups in total. The van der Waals surface area contributed by atoms with Crippen LogP contribution in [0, 0.1) is 0 Å². The Labute approximate surface area is 227 Å². The van der Waals surface area contributed by atoms with Gasteiger partial charge in [0.25, 0.3) is 5.56 Å². The molecule has 2 unspecified atom stereocenters. The second-order valence-electron chi connectivity index (χ2n) is 10.8. The van der Waals surface area contributed by atoms with Gasteiger partial charge in [-0.25, -0.2) is 14.3 Å². The molecule has 6 heterocycles. The first-order valence-corrected chi connectivity index (χ1v) is 13.7. The van der Waals surface area contributed by atoms with E-state index in [-0.39, 0.29) is 17.7 Å². The molecule has 0 aromatic carbocycles. The van der Waals surface area contributed by atoms with Gasteiger partial charge in [0.05, 0.1) is 18.4 Å². The molecule has 11 nitrogen and oxygen atoms in total. The van der Waals surface area contributed by atoms with Crippen LogP contribution in [0.25, 0.3) is 16.9 Å². The smallest absolute Gasteiger partial charge is 0.278 e. The van der Waals surface area contributed by atoms with Crippen molar-refractivity contribution in [1.29, 1.82) is 0 Å². The molecule has 4 aromatic heterocycles. The van der Waals surface area contributed by atoms with Crippen LogP contribution >= 0.6 is 0 Å². The molecule has 2 aliphatic rings. The SMILES string of the molecule is C=CCn1c(=O)c2cnc(Nc3cnn(C(C)C)c3)nc2n1-c1cccc(OC2CC3CCCC(C2)N3C)n1. The van der Waals surface area contributed by atoms with Gasteiger partial charge in [0.15, 0.2) is 11.5 Å². The lowest BCUT2D eigenvalue weighted by molar-refractivity contribution is -0.00143. The summed E-state index contributed by atoms with van der Waals surface area (Å²) in [7, 11) is 2.24. The molecule has 2 atom stereocenters. The summed E-state index contributed by atoms with van der Waals surface area (Å²) < 4.78 is 11.6. The zero-order valence-electron chi connectivity index (χ0n) is 22.7. The zero-order valence-corrected chi connectivity index (χ0v) is 22.7. The Bertz CT molecular complexity index is 1540. The second-order valence-corrected chi connectivity index (χ2v) is 10.8. The van der Waals surface area contributed by atoms with E-state index in [4.69, 9.17) is 14.7 Å². The highest BCUT2D eigenvalue weighted by molar-refractivity contribution is 5.77. The summed E-state index contributed by atoms with van der Waals surface area (Å²) in [6.45, 7) is 8.25. The molecule has 0 aliphatic carbocycles. The number of piperidine rings is 2. The van der Waals surface area contributed by atoms with Gasteiger partial charge in [-0.2, -0.15) is 15.1 Å². The molecule has 39 heavy (non-hydrogen) atoms. The van der Waals surface area contributed by atoms with E-state index in [9.17, 15) is 4.79 Å². The highest BCUT2D eigenvalue weighted by Crippen LogP contribution is 2.34. The second kappa shape index (κ2) is 10.3. The van der Waals surface area contributed by atoms with E-state index in [0.717, 1.165) is 18.5 Å². The number of aromatic nitrogens is 7. The summed E-state index contributed by atoms with van der Waals surface area (Å²) in [4.78, 5) is 29.8. The standard InChI is InChI=1S/C28H35N9O2/c1-5-12-36-27(38)23-16-29-28(31-19-15-30-35(17-19)18(2)3)33-26(23)37(36)24-10-7-11-25(32-24)39-22-13-20-8-6-9-21(14-22)34(20)4/h5,7,10-11,15-18,20-22H,1,6,8-9,12-14H2,2-4H3,(H,29,31,33). The normalized spacial score (nSPS) is 21.4. The lowest BCUT2D eigenvalue weighted by Gasteiger charge is -2.46. The van der Waals surface area contributed by atoms with Crippen molar-refractivity contribution >= 4 is 22.7 Å². The number of pyridine rings is 1. The van der Waals surface area contributed by atoms with Gasteiger partial charge in [0.2, 0.25) is 11.8 Å². The van der Waals surface area contributed by atoms with Crippen LogP contribution in [0.3, 0.4) is 0 Å². The number of ether oxygens (including phenoxy) is 1. The number of fused-ring (bicyclic) bond motifs is 3. The van der Waals surface area contributed by atoms with Crippen molar-refractivity contribution in [3.05, 3.63) is 59.8 Å². The van der Waals surface area contributed by atoms with E-state index >= 15 is 0 Å². The summed E-state index contributed by atoms with van der Waals surface area (Å²) in [5.74, 6) is 1.46. The third-order valence-corrected chi connectivity index (χ3v) is 7.87.